The zero-order valence-corrected chi connectivity index (χ0v) is 11.0. The van der Waals surface area contributed by atoms with Gasteiger partial charge in [0.25, 0.3) is 0 Å². The van der Waals surface area contributed by atoms with Crippen LogP contribution in [0.3, 0.4) is 0 Å². The van der Waals surface area contributed by atoms with E-state index >= 15 is 0 Å². The highest BCUT2D eigenvalue weighted by Crippen LogP contribution is 2.19. The average molecular weight is 251 g/mol. The van der Waals surface area contributed by atoms with E-state index in [1.54, 1.807) is 0 Å². The molecule has 18 heavy (non-hydrogen) atoms. The van der Waals surface area contributed by atoms with Crippen LogP contribution in [0.15, 0.2) is 6.07 Å². The maximum atomic E-state index is 5.67. The minimum Gasteiger partial charge on any atom is -0.376 e. The molecule has 0 aromatic carbocycles. The topological polar surface area (TPSA) is 76.3 Å². The molecule has 0 bridgehead atoms. The van der Waals surface area contributed by atoms with Gasteiger partial charge in [-0.15, -0.1) is 0 Å². The highest BCUT2D eigenvalue weighted by atomic mass is 16.5. The molecule has 0 spiro atoms. The predicted molar refractivity (Wildman–Crippen MR) is 71.4 cm³/mol. The van der Waals surface area contributed by atoms with Crippen molar-refractivity contribution in [2.45, 2.75) is 32.8 Å². The summed E-state index contributed by atoms with van der Waals surface area (Å²) in [7, 11) is 0. The smallest absolute Gasteiger partial charge is 0.239 e. The first kappa shape index (κ1) is 13.0. The second-order valence-corrected chi connectivity index (χ2v) is 4.51. The molecule has 2 heterocycles. The lowest BCUT2D eigenvalue weighted by atomic mass is 10.2. The van der Waals surface area contributed by atoms with Crippen LogP contribution in [-0.2, 0) is 4.74 Å². The maximum Gasteiger partial charge on any atom is 0.239 e. The van der Waals surface area contributed by atoms with E-state index in [-0.39, 0.29) is 0 Å². The van der Waals surface area contributed by atoms with E-state index in [0.717, 1.165) is 44.0 Å². The fourth-order valence-electron chi connectivity index (χ4n) is 2.20. The van der Waals surface area contributed by atoms with Gasteiger partial charge >= 0.3 is 0 Å². The van der Waals surface area contributed by atoms with Crippen LogP contribution >= 0.6 is 0 Å². The van der Waals surface area contributed by atoms with E-state index in [1.807, 2.05) is 13.0 Å². The number of nitrogens with two attached hydrogens (primary N) is 1. The Kier molecular flexibility index (Phi) is 4.33. The number of nitrogens with zero attached hydrogens (tertiary/aromatic N) is 3. The molecule has 2 rings (SSSR count). The summed E-state index contributed by atoms with van der Waals surface area (Å²) in [5.41, 5.74) is 3.40. The molecule has 1 atom stereocenters. The SMILES string of the molecule is CCN(CC1CCCO1)c1cc(C)nc(NN)n1. The van der Waals surface area contributed by atoms with Gasteiger partial charge in [0.05, 0.1) is 6.10 Å². The maximum absolute atomic E-state index is 5.67. The predicted octanol–water partition coefficient (Wildman–Crippen LogP) is 1.08. The van der Waals surface area contributed by atoms with Crippen LogP contribution in [0.5, 0.6) is 0 Å². The largest absolute Gasteiger partial charge is 0.376 e. The monoisotopic (exact) mass is 251 g/mol. The zero-order valence-electron chi connectivity index (χ0n) is 11.0. The molecule has 1 fully saturated rings. The molecule has 100 valence electrons. The first-order valence-electron chi connectivity index (χ1n) is 6.41. The Labute approximate surface area is 108 Å². The summed E-state index contributed by atoms with van der Waals surface area (Å²) in [6.07, 6.45) is 2.60. The molecular formula is C12H21N5O. The number of aromatic nitrogens is 2. The van der Waals surface area contributed by atoms with Crippen LogP contribution < -0.4 is 16.2 Å². The fraction of sp³-hybridized carbons (Fsp3) is 0.667. The lowest BCUT2D eigenvalue weighted by Crippen LogP contribution is -2.33. The van der Waals surface area contributed by atoms with Crippen molar-refractivity contribution >= 4 is 11.8 Å². The van der Waals surface area contributed by atoms with Crippen molar-refractivity contribution < 1.29 is 4.74 Å². The average Bonchev–Trinajstić information content (AvgIpc) is 2.88. The summed E-state index contributed by atoms with van der Waals surface area (Å²) in [6.45, 7) is 6.69. The van der Waals surface area contributed by atoms with Crippen molar-refractivity contribution in [2.24, 2.45) is 5.84 Å². The number of anilines is 2. The summed E-state index contributed by atoms with van der Waals surface area (Å²) in [4.78, 5) is 10.8. The van der Waals surface area contributed by atoms with E-state index in [2.05, 4.69) is 27.2 Å². The van der Waals surface area contributed by atoms with Crippen molar-refractivity contribution in [3.63, 3.8) is 0 Å². The molecule has 3 N–H and O–H groups in total. The van der Waals surface area contributed by atoms with Crippen LogP contribution in [0.1, 0.15) is 25.5 Å². The normalized spacial score (nSPS) is 18.9. The lowest BCUT2D eigenvalue weighted by molar-refractivity contribution is 0.115. The number of hydrogen-bond donors (Lipinski definition) is 2. The first-order valence-corrected chi connectivity index (χ1v) is 6.41. The fourth-order valence-corrected chi connectivity index (χ4v) is 2.20. The Morgan fingerprint density at radius 2 is 2.39 bits per heavy atom. The number of hydrazine groups is 1. The molecule has 0 saturated carbocycles. The van der Waals surface area contributed by atoms with Crippen LogP contribution in [-0.4, -0.2) is 35.8 Å². The Morgan fingerprint density at radius 1 is 1.56 bits per heavy atom. The molecular weight excluding hydrogens is 230 g/mol. The van der Waals surface area contributed by atoms with E-state index in [0.29, 0.717) is 12.1 Å². The molecule has 1 unspecified atom stereocenters. The van der Waals surface area contributed by atoms with Gasteiger partial charge in [-0.05, 0) is 26.7 Å². The molecule has 1 aliphatic rings. The molecule has 1 aromatic heterocycles. The van der Waals surface area contributed by atoms with Crippen molar-refractivity contribution in [3.05, 3.63) is 11.8 Å². The van der Waals surface area contributed by atoms with E-state index in [9.17, 15) is 0 Å². The molecule has 6 heteroatoms. The number of rotatable bonds is 5. The summed E-state index contributed by atoms with van der Waals surface area (Å²) >= 11 is 0. The second-order valence-electron chi connectivity index (χ2n) is 4.51. The third kappa shape index (κ3) is 3.08. The Balaban J connectivity index is 2.12. The third-order valence-corrected chi connectivity index (χ3v) is 3.12. The van der Waals surface area contributed by atoms with Crippen molar-refractivity contribution in [1.82, 2.24) is 9.97 Å². The summed E-state index contributed by atoms with van der Waals surface area (Å²) in [6, 6.07) is 1.97. The summed E-state index contributed by atoms with van der Waals surface area (Å²) in [5, 5.41) is 0. The minimum atomic E-state index is 0.314. The zero-order chi connectivity index (χ0) is 13.0. The summed E-state index contributed by atoms with van der Waals surface area (Å²) in [5.74, 6) is 6.73. The van der Waals surface area contributed by atoms with Gasteiger partial charge in [-0.1, -0.05) is 0 Å². The van der Waals surface area contributed by atoms with Gasteiger partial charge in [-0.25, -0.2) is 10.8 Å². The molecule has 6 nitrogen and oxygen atoms in total. The number of aryl methyl sites for hydroxylation is 1. The van der Waals surface area contributed by atoms with Crippen LogP contribution in [0, 0.1) is 6.92 Å². The minimum absolute atomic E-state index is 0.314. The highest BCUT2D eigenvalue weighted by Gasteiger charge is 2.19. The van der Waals surface area contributed by atoms with E-state index in [4.69, 9.17) is 10.6 Å². The standard InChI is InChI=1S/C12H21N5O/c1-3-17(8-10-5-4-6-18-10)11-7-9(2)14-12(15-11)16-13/h7,10H,3-6,8,13H2,1-2H3,(H,14,15,16). The third-order valence-electron chi connectivity index (χ3n) is 3.12. The molecule has 0 amide bonds. The van der Waals surface area contributed by atoms with E-state index in [1.165, 1.54) is 0 Å². The van der Waals surface area contributed by atoms with Gasteiger partial charge in [-0.3, -0.25) is 5.43 Å². The number of hydrogen-bond acceptors (Lipinski definition) is 6. The van der Waals surface area contributed by atoms with Crippen molar-refractivity contribution in [2.75, 3.05) is 30.0 Å². The molecule has 0 radical (unpaired) electrons. The second kappa shape index (κ2) is 5.97. The van der Waals surface area contributed by atoms with Crippen LogP contribution in [0.2, 0.25) is 0 Å². The molecule has 1 saturated heterocycles. The highest BCUT2D eigenvalue weighted by molar-refractivity contribution is 5.44. The van der Waals surface area contributed by atoms with Gasteiger partial charge in [0.2, 0.25) is 5.95 Å². The Bertz CT molecular complexity index is 392. The van der Waals surface area contributed by atoms with Gasteiger partial charge in [-0.2, -0.15) is 4.98 Å². The first-order chi connectivity index (χ1) is 8.72. The molecule has 1 aliphatic heterocycles. The van der Waals surface area contributed by atoms with Gasteiger partial charge < -0.3 is 9.64 Å². The number of ether oxygens (including phenoxy) is 1. The van der Waals surface area contributed by atoms with Gasteiger partial charge in [0.1, 0.15) is 5.82 Å². The molecule has 0 aliphatic carbocycles. The van der Waals surface area contributed by atoms with E-state index < -0.39 is 0 Å². The van der Waals surface area contributed by atoms with Crippen LogP contribution in [0.25, 0.3) is 0 Å². The number of likely N-dealkylation sites (N-methyl/N-ethyl adjacent to an activating group) is 1. The van der Waals surface area contributed by atoms with Crippen molar-refractivity contribution in [1.29, 1.82) is 0 Å². The van der Waals surface area contributed by atoms with Crippen LogP contribution in [0.4, 0.5) is 11.8 Å². The van der Waals surface area contributed by atoms with Gasteiger partial charge in [0, 0.05) is 31.5 Å². The van der Waals surface area contributed by atoms with Crippen molar-refractivity contribution in [3.8, 4) is 0 Å². The molecule has 1 aromatic rings. The lowest BCUT2D eigenvalue weighted by Gasteiger charge is -2.25. The number of nitrogens with one attached hydrogen (secondary N) is 1. The Morgan fingerprint density at radius 3 is 3.00 bits per heavy atom. The Hall–Kier alpha value is -1.40. The quantitative estimate of drug-likeness (QED) is 0.602. The summed E-state index contributed by atoms with van der Waals surface area (Å²) < 4.78 is 5.67. The number of nitrogen functional groups attached to an aromatic ring is 1. The van der Waals surface area contributed by atoms with Gasteiger partial charge in [0.15, 0.2) is 0 Å².